The van der Waals surface area contributed by atoms with E-state index in [1.165, 1.54) is 6.20 Å². The van der Waals surface area contributed by atoms with Gasteiger partial charge >= 0.3 is 0 Å². The Labute approximate surface area is 149 Å². The first-order valence-corrected chi connectivity index (χ1v) is 9.58. The van der Waals surface area contributed by atoms with E-state index in [0.717, 1.165) is 48.6 Å². The van der Waals surface area contributed by atoms with Crippen LogP contribution in [0.1, 0.15) is 29.7 Å². The lowest BCUT2D eigenvalue weighted by Crippen LogP contribution is -2.38. The Bertz CT molecular complexity index is 889. The molecule has 1 saturated heterocycles. The van der Waals surface area contributed by atoms with Crippen molar-refractivity contribution in [3.8, 4) is 6.07 Å². The fourth-order valence-electron chi connectivity index (χ4n) is 3.51. The van der Waals surface area contributed by atoms with Gasteiger partial charge in [0.1, 0.15) is 6.07 Å². The molecule has 1 atom stereocenters. The number of thioether (sulfide) groups is 1. The topological polar surface area (TPSA) is 87.7 Å². The molecule has 2 aromatic rings. The lowest BCUT2D eigenvalue weighted by atomic mass is 10.2. The standard InChI is InChI=1S/C17H18N6OS/c18-9-12-3-5-19-20-17(12)22-6-1-2-14(22)10-23-16(24)8-13-11-25-7-4-15(13)21-23/h3,5,8,14H,1-2,4,6-7,10-11H2. The van der Waals surface area contributed by atoms with Crippen molar-refractivity contribution in [1.29, 1.82) is 5.26 Å². The summed E-state index contributed by atoms with van der Waals surface area (Å²) < 4.78 is 1.58. The van der Waals surface area contributed by atoms with Crippen molar-refractivity contribution in [2.45, 2.75) is 37.6 Å². The van der Waals surface area contributed by atoms with Gasteiger partial charge in [-0.3, -0.25) is 4.79 Å². The van der Waals surface area contributed by atoms with Crippen LogP contribution >= 0.6 is 11.8 Å². The maximum atomic E-state index is 12.4. The zero-order valence-corrected chi connectivity index (χ0v) is 14.6. The molecule has 2 aromatic heterocycles. The number of nitrogens with zero attached hydrogens (tertiary/aromatic N) is 6. The minimum absolute atomic E-state index is 0.0484. The lowest BCUT2D eigenvalue weighted by molar-refractivity contribution is 0.479. The van der Waals surface area contributed by atoms with Crippen molar-refractivity contribution < 1.29 is 0 Å². The van der Waals surface area contributed by atoms with Crippen molar-refractivity contribution in [3.63, 3.8) is 0 Å². The highest BCUT2D eigenvalue weighted by atomic mass is 32.2. The first kappa shape index (κ1) is 16.1. The minimum Gasteiger partial charge on any atom is -0.349 e. The molecule has 0 N–H and O–H groups in total. The summed E-state index contributed by atoms with van der Waals surface area (Å²) in [4.78, 5) is 14.5. The summed E-state index contributed by atoms with van der Waals surface area (Å²) in [5, 5.41) is 22.0. The Morgan fingerprint density at radius 1 is 1.44 bits per heavy atom. The second-order valence-corrected chi connectivity index (χ2v) is 7.41. The maximum absolute atomic E-state index is 12.4. The summed E-state index contributed by atoms with van der Waals surface area (Å²) in [6.45, 7) is 1.33. The number of anilines is 1. The summed E-state index contributed by atoms with van der Waals surface area (Å²) in [5.74, 6) is 2.53. The van der Waals surface area contributed by atoms with Crippen LogP contribution in [0.2, 0.25) is 0 Å². The van der Waals surface area contributed by atoms with Crippen LogP contribution in [0.15, 0.2) is 23.1 Å². The molecule has 8 heteroatoms. The normalized spacial score (nSPS) is 19.5. The van der Waals surface area contributed by atoms with Gasteiger partial charge in [0.25, 0.3) is 5.56 Å². The number of aromatic nitrogens is 4. The molecule has 0 aliphatic carbocycles. The third-order valence-electron chi connectivity index (χ3n) is 4.76. The van der Waals surface area contributed by atoms with E-state index in [9.17, 15) is 10.1 Å². The van der Waals surface area contributed by atoms with E-state index in [1.807, 2.05) is 11.8 Å². The number of hydrogen-bond donors (Lipinski definition) is 0. The fraction of sp³-hybridized carbons (Fsp3) is 0.471. The highest BCUT2D eigenvalue weighted by molar-refractivity contribution is 7.98. The van der Waals surface area contributed by atoms with Gasteiger partial charge in [0.15, 0.2) is 5.82 Å². The average molecular weight is 354 g/mol. The lowest BCUT2D eigenvalue weighted by Gasteiger charge is -2.26. The first-order chi connectivity index (χ1) is 12.3. The van der Waals surface area contributed by atoms with Gasteiger partial charge in [0.2, 0.25) is 0 Å². The van der Waals surface area contributed by atoms with Gasteiger partial charge in [-0.2, -0.15) is 27.2 Å². The van der Waals surface area contributed by atoms with Crippen LogP contribution in [0.3, 0.4) is 0 Å². The Kier molecular flexibility index (Phi) is 4.40. The Hall–Kier alpha value is -2.40. The third kappa shape index (κ3) is 3.12. The van der Waals surface area contributed by atoms with E-state index in [0.29, 0.717) is 17.9 Å². The first-order valence-electron chi connectivity index (χ1n) is 8.42. The number of rotatable bonds is 3. The van der Waals surface area contributed by atoms with E-state index >= 15 is 0 Å². The number of hydrogen-bond acceptors (Lipinski definition) is 7. The second-order valence-electron chi connectivity index (χ2n) is 6.31. The van der Waals surface area contributed by atoms with Gasteiger partial charge in [0, 0.05) is 24.8 Å². The molecule has 128 valence electrons. The van der Waals surface area contributed by atoms with Gasteiger partial charge < -0.3 is 4.90 Å². The highest BCUT2D eigenvalue weighted by Crippen LogP contribution is 2.27. The SMILES string of the molecule is N#Cc1ccnnc1N1CCCC1Cn1nc2c(cc1=O)CSCC2. The molecule has 2 aliphatic rings. The van der Waals surface area contributed by atoms with Crippen LogP contribution in [-0.4, -0.2) is 38.3 Å². The molecule has 2 aliphatic heterocycles. The van der Waals surface area contributed by atoms with Crippen molar-refractivity contribution in [1.82, 2.24) is 20.0 Å². The van der Waals surface area contributed by atoms with E-state index in [4.69, 9.17) is 0 Å². The minimum atomic E-state index is -0.0484. The summed E-state index contributed by atoms with van der Waals surface area (Å²) in [6, 6.07) is 5.69. The molecule has 1 unspecified atom stereocenters. The van der Waals surface area contributed by atoms with Crippen molar-refractivity contribution in [3.05, 3.63) is 45.5 Å². The van der Waals surface area contributed by atoms with E-state index in [-0.39, 0.29) is 11.6 Å². The van der Waals surface area contributed by atoms with Crippen LogP contribution in [0.25, 0.3) is 0 Å². The summed E-state index contributed by atoms with van der Waals surface area (Å²) in [7, 11) is 0. The molecule has 0 saturated carbocycles. The summed E-state index contributed by atoms with van der Waals surface area (Å²) >= 11 is 1.84. The molecule has 0 spiro atoms. The van der Waals surface area contributed by atoms with Crippen LogP contribution in [-0.2, 0) is 18.7 Å². The molecular weight excluding hydrogens is 336 g/mol. The van der Waals surface area contributed by atoms with Gasteiger partial charge in [-0.1, -0.05) is 0 Å². The molecule has 0 amide bonds. The monoisotopic (exact) mass is 354 g/mol. The Morgan fingerprint density at radius 2 is 2.36 bits per heavy atom. The third-order valence-corrected chi connectivity index (χ3v) is 5.77. The molecule has 25 heavy (non-hydrogen) atoms. The van der Waals surface area contributed by atoms with Gasteiger partial charge in [0.05, 0.1) is 30.0 Å². The van der Waals surface area contributed by atoms with Crippen LogP contribution in [0.5, 0.6) is 0 Å². The zero-order chi connectivity index (χ0) is 17.2. The smallest absolute Gasteiger partial charge is 0.267 e. The molecular formula is C17H18N6OS. The molecule has 0 bridgehead atoms. The number of aryl methyl sites for hydroxylation is 1. The molecule has 0 aromatic carbocycles. The predicted molar refractivity (Wildman–Crippen MR) is 95.5 cm³/mol. The summed E-state index contributed by atoms with van der Waals surface area (Å²) in [5.41, 5.74) is 2.58. The molecule has 0 radical (unpaired) electrons. The van der Waals surface area contributed by atoms with Crippen LogP contribution < -0.4 is 10.5 Å². The van der Waals surface area contributed by atoms with Crippen molar-refractivity contribution in [2.24, 2.45) is 0 Å². The quantitative estimate of drug-likeness (QED) is 0.822. The number of nitriles is 1. The maximum Gasteiger partial charge on any atom is 0.267 e. The van der Waals surface area contributed by atoms with Gasteiger partial charge in [-0.15, -0.1) is 5.10 Å². The van der Waals surface area contributed by atoms with Gasteiger partial charge in [-0.25, -0.2) is 4.68 Å². The second kappa shape index (κ2) is 6.84. The van der Waals surface area contributed by atoms with E-state index < -0.39 is 0 Å². The largest absolute Gasteiger partial charge is 0.349 e. The average Bonchev–Trinajstić information content (AvgIpc) is 3.10. The Balaban J connectivity index is 1.62. The molecule has 4 rings (SSSR count). The molecule has 4 heterocycles. The van der Waals surface area contributed by atoms with Crippen molar-refractivity contribution in [2.75, 3.05) is 17.2 Å². The number of fused-ring (bicyclic) bond motifs is 1. The molecule has 7 nitrogen and oxygen atoms in total. The predicted octanol–water partition coefficient (Wildman–Crippen LogP) is 1.36. The van der Waals surface area contributed by atoms with Crippen molar-refractivity contribution >= 4 is 17.6 Å². The van der Waals surface area contributed by atoms with Crippen LogP contribution in [0.4, 0.5) is 5.82 Å². The zero-order valence-electron chi connectivity index (χ0n) is 13.8. The van der Waals surface area contributed by atoms with Crippen LogP contribution in [0, 0.1) is 11.3 Å². The fourth-order valence-corrected chi connectivity index (χ4v) is 4.46. The Morgan fingerprint density at radius 3 is 3.24 bits per heavy atom. The van der Waals surface area contributed by atoms with Gasteiger partial charge in [-0.05, 0) is 30.2 Å². The van der Waals surface area contributed by atoms with E-state index in [1.54, 1.807) is 16.8 Å². The van der Waals surface area contributed by atoms with E-state index in [2.05, 4.69) is 26.3 Å². The highest BCUT2D eigenvalue weighted by Gasteiger charge is 2.29. The summed E-state index contributed by atoms with van der Waals surface area (Å²) in [6.07, 6.45) is 4.39. The molecule has 1 fully saturated rings.